The van der Waals surface area contributed by atoms with E-state index in [-0.39, 0.29) is 15.9 Å². The van der Waals surface area contributed by atoms with E-state index < -0.39 is 19.1 Å². The molecule has 1 heterocycles. The fraction of sp³-hybridized carbons (Fsp3) is 1.00. The largest absolute Gasteiger partial charge is 0.412 e. The monoisotopic (exact) mass is 288 g/mol. The molecule has 0 bridgehead atoms. The Labute approximate surface area is 115 Å². The number of hydrogen-bond donors (Lipinski definition) is 0. The minimum absolute atomic E-state index is 0.0233. The molecule has 1 aliphatic heterocycles. The summed E-state index contributed by atoms with van der Waals surface area (Å²) in [6, 6.07) is 0. The zero-order valence-electron chi connectivity index (χ0n) is 12.5. The molecule has 18 heavy (non-hydrogen) atoms. The lowest BCUT2D eigenvalue weighted by molar-refractivity contribution is 0.153. The molecular weight excluding hydrogens is 260 g/mol. The third-order valence-electron chi connectivity index (χ3n) is 5.28. The zero-order chi connectivity index (χ0) is 13.6. The fourth-order valence-corrected chi connectivity index (χ4v) is 6.59. The first-order chi connectivity index (χ1) is 8.19. The van der Waals surface area contributed by atoms with Crippen molar-refractivity contribution in [3.05, 3.63) is 0 Å². The van der Waals surface area contributed by atoms with Crippen LogP contribution in [0.15, 0.2) is 0 Å². The molecule has 106 valence electrons. The average Bonchev–Trinajstić information content (AvgIpc) is 2.76. The van der Waals surface area contributed by atoms with Crippen molar-refractivity contribution in [2.45, 2.75) is 81.9 Å². The predicted molar refractivity (Wildman–Crippen MR) is 80.9 cm³/mol. The molecule has 1 saturated heterocycles. The van der Waals surface area contributed by atoms with Crippen LogP contribution in [0.5, 0.6) is 0 Å². The molecule has 0 aromatic carbocycles. The molecule has 3 atom stereocenters. The lowest BCUT2D eigenvalue weighted by Gasteiger charge is -2.42. The van der Waals surface area contributed by atoms with E-state index >= 15 is 0 Å². The van der Waals surface area contributed by atoms with E-state index in [1.165, 1.54) is 6.42 Å². The molecule has 0 aromatic heterocycles. The van der Waals surface area contributed by atoms with Gasteiger partial charge < -0.3 is 4.43 Å². The molecular formula is C14H28O2SSi. The Morgan fingerprint density at radius 2 is 1.83 bits per heavy atom. The Kier molecular flexibility index (Phi) is 3.85. The van der Waals surface area contributed by atoms with Crippen LogP contribution in [-0.2, 0) is 15.2 Å². The second-order valence-corrected chi connectivity index (χ2v) is 14.1. The molecule has 1 aliphatic carbocycles. The van der Waals surface area contributed by atoms with Gasteiger partial charge in [0.2, 0.25) is 0 Å². The van der Waals surface area contributed by atoms with Gasteiger partial charge >= 0.3 is 0 Å². The Morgan fingerprint density at radius 3 is 2.33 bits per heavy atom. The lowest BCUT2D eigenvalue weighted by atomic mass is 9.99. The first kappa shape index (κ1) is 14.7. The first-order valence-corrected chi connectivity index (χ1v) is 11.5. The van der Waals surface area contributed by atoms with Gasteiger partial charge in [0.05, 0.1) is 10.9 Å². The van der Waals surface area contributed by atoms with Crippen LogP contribution in [0.4, 0.5) is 0 Å². The molecule has 4 heteroatoms. The highest BCUT2D eigenvalue weighted by atomic mass is 32.2. The summed E-state index contributed by atoms with van der Waals surface area (Å²) >= 11 is 0. The Hall–Kier alpha value is 0.327. The molecule has 0 aromatic rings. The van der Waals surface area contributed by atoms with Crippen LogP contribution in [0.25, 0.3) is 0 Å². The Morgan fingerprint density at radius 1 is 1.22 bits per heavy atom. The standard InChI is InChI=1S/C14H28O2SSi/c1-13(2,3)18(4,5)16-12-8-6-9-14(12)10-7-11-17(14)15/h12H,6-11H2,1-5H3/t12-,14+,17?/m1/s1. The molecule has 2 fully saturated rings. The van der Waals surface area contributed by atoms with Crippen LogP contribution in [0.1, 0.15) is 52.9 Å². The SMILES string of the molecule is CC(C)(C)[Si](C)(C)O[C@@H]1CCC[C@]12CCCS2=O. The second-order valence-electron chi connectivity index (χ2n) is 7.48. The van der Waals surface area contributed by atoms with Crippen LogP contribution in [0.3, 0.4) is 0 Å². The molecule has 2 aliphatic rings. The van der Waals surface area contributed by atoms with Crippen LogP contribution in [-0.4, -0.2) is 29.1 Å². The summed E-state index contributed by atoms with van der Waals surface area (Å²) in [7, 11) is -2.38. The summed E-state index contributed by atoms with van der Waals surface area (Å²) in [4.78, 5) is 0. The van der Waals surface area contributed by atoms with Crippen molar-refractivity contribution < 1.29 is 8.63 Å². The van der Waals surface area contributed by atoms with Gasteiger partial charge in [-0.15, -0.1) is 0 Å². The van der Waals surface area contributed by atoms with Crippen molar-refractivity contribution in [3.8, 4) is 0 Å². The molecule has 0 amide bonds. The summed E-state index contributed by atoms with van der Waals surface area (Å²) in [6.45, 7) is 11.5. The second kappa shape index (κ2) is 4.71. The molecule has 0 radical (unpaired) electrons. The third kappa shape index (κ3) is 2.36. The van der Waals surface area contributed by atoms with Crippen molar-refractivity contribution in [1.82, 2.24) is 0 Å². The van der Waals surface area contributed by atoms with Gasteiger partial charge in [-0.3, -0.25) is 4.21 Å². The van der Waals surface area contributed by atoms with E-state index in [4.69, 9.17) is 4.43 Å². The van der Waals surface area contributed by atoms with Gasteiger partial charge in [-0.05, 0) is 50.2 Å². The average molecular weight is 289 g/mol. The maximum absolute atomic E-state index is 12.4. The van der Waals surface area contributed by atoms with Crippen molar-refractivity contribution in [3.63, 3.8) is 0 Å². The Bertz CT molecular complexity index is 344. The van der Waals surface area contributed by atoms with E-state index in [0.717, 1.165) is 31.4 Å². The summed E-state index contributed by atoms with van der Waals surface area (Å²) in [5.74, 6) is 0.900. The number of rotatable bonds is 2. The van der Waals surface area contributed by atoms with E-state index in [1.807, 2.05) is 0 Å². The maximum atomic E-state index is 12.4. The molecule has 0 N–H and O–H groups in total. The minimum atomic E-state index is -1.73. The molecule has 1 spiro atoms. The van der Waals surface area contributed by atoms with Crippen molar-refractivity contribution in [2.24, 2.45) is 0 Å². The summed E-state index contributed by atoms with van der Waals surface area (Å²) in [6.07, 6.45) is 5.96. The molecule has 1 saturated carbocycles. The van der Waals surface area contributed by atoms with Crippen molar-refractivity contribution in [2.75, 3.05) is 5.75 Å². The molecule has 1 unspecified atom stereocenters. The van der Waals surface area contributed by atoms with Crippen LogP contribution >= 0.6 is 0 Å². The fourth-order valence-electron chi connectivity index (χ4n) is 3.08. The quantitative estimate of drug-likeness (QED) is 0.722. The zero-order valence-corrected chi connectivity index (χ0v) is 14.4. The highest BCUT2D eigenvalue weighted by Gasteiger charge is 2.53. The summed E-state index contributed by atoms with van der Waals surface area (Å²) in [5.41, 5.74) is 0. The predicted octanol–water partition coefficient (Wildman–Crippen LogP) is 3.84. The normalized spacial score (nSPS) is 37.6. The third-order valence-corrected chi connectivity index (χ3v) is 12.0. The van der Waals surface area contributed by atoms with Crippen LogP contribution < -0.4 is 0 Å². The topological polar surface area (TPSA) is 26.3 Å². The van der Waals surface area contributed by atoms with Crippen LogP contribution in [0.2, 0.25) is 18.1 Å². The minimum Gasteiger partial charge on any atom is -0.412 e. The molecule has 2 rings (SSSR count). The summed E-state index contributed by atoms with van der Waals surface area (Å²) < 4.78 is 19.0. The molecule has 2 nitrogen and oxygen atoms in total. The van der Waals surface area contributed by atoms with Gasteiger partial charge in [-0.25, -0.2) is 0 Å². The lowest BCUT2D eigenvalue weighted by Crippen LogP contribution is -2.50. The van der Waals surface area contributed by atoms with E-state index in [2.05, 4.69) is 33.9 Å². The van der Waals surface area contributed by atoms with Crippen molar-refractivity contribution >= 4 is 19.1 Å². The number of hydrogen-bond acceptors (Lipinski definition) is 2. The maximum Gasteiger partial charge on any atom is 0.192 e. The van der Waals surface area contributed by atoms with E-state index in [1.54, 1.807) is 0 Å². The van der Waals surface area contributed by atoms with Gasteiger partial charge in [0.15, 0.2) is 8.32 Å². The smallest absolute Gasteiger partial charge is 0.192 e. The van der Waals surface area contributed by atoms with E-state index in [0.29, 0.717) is 0 Å². The van der Waals surface area contributed by atoms with E-state index in [9.17, 15) is 4.21 Å². The Balaban J connectivity index is 2.17. The van der Waals surface area contributed by atoms with Gasteiger partial charge in [-0.1, -0.05) is 20.8 Å². The van der Waals surface area contributed by atoms with Gasteiger partial charge in [0.25, 0.3) is 0 Å². The van der Waals surface area contributed by atoms with Gasteiger partial charge in [0, 0.05) is 16.6 Å². The van der Waals surface area contributed by atoms with Gasteiger partial charge in [0.1, 0.15) is 0 Å². The highest BCUT2D eigenvalue weighted by molar-refractivity contribution is 7.86. The van der Waals surface area contributed by atoms with Crippen molar-refractivity contribution in [1.29, 1.82) is 0 Å². The van der Waals surface area contributed by atoms with Gasteiger partial charge in [-0.2, -0.15) is 0 Å². The highest BCUT2D eigenvalue weighted by Crippen LogP contribution is 2.48. The first-order valence-electron chi connectivity index (χ1n) is 7.25. The van der Waals surface area contributed by atoms with Crippen LogP contribution in [0, 0.1) is 0 Å². The summed E-state index contributed by atoms with van der Waals surface area (Å²) in [5, 5.41) is 0.247.